The molecule has 2 rings (SSSR count). The van der Waals surface area contributed by atoms with Crippen molar-refractivity contribution in [2.45, 2.75) is 24.6 Å². The van der Waals surface area contributed by atoms with E-state index >= 15 is 0 Å². The molecule has 0 radical (unpaired) electrons. The molecule has 1 aliphatic heterocycles. The van der Waals surface area contributed by atoms with E-state index in [1.165, 1.54) is 0 Å². The number of carbonyl (C=O) groups excluding carboxylic acids is 2. The molecule has 6 heteroatoms. The average Bonchev–Trinajstić information content (AvgIpc) is 2.68. The number of hydrogen-bond acceptors (Lipinski definition) is 4. The minimum absolute atomic E-state index is 0.0894. The van der Waals surface area contributed by atoms with Gasteiger partial charge in [0.25, 0.3) is 5.91 Å². The summed E-state index contributed by atoms with van der Waals surface area (Å²) in [5, 5.41) is 2.61. The van der Waals surface area contributed by atoms with Crippen LogP contribution in [0.1, 0.15) is 24.9 Å². The molecule has 0 fully saturated rings. The van der Waals surface area contributed by atoms with Crippen molar-refractivity contribution in [1.29, 1.82) is 0 Å². The van der Waals surface area contributed by atoms with Crippen LogP contribution in [0.2, 0.25) is 0 Å². The Morgan fingerprint density at radius 3 is 2.74 bits per heavy atom. The Balaban J connectivity index is 1.87. The molecule has 1 heterocycles. The largest absolute Gasteiger partial charge is 0.378 e. The van der Waals surface area contributed by atoms with Gasteiger partial charge in [-0.05, 0) is 12.5 Å². The van der Waals surface area contributed by atoms with Crippen LogP contribution in [-0.2, 0) is 9.59 Å². The van der Waals surface area contributed by atoms with E-state index in [1.54, 1.807) is 0 Å². The summed E-state index contributed by atoms with van der Waals surface area (Å²) in [5.74, 6) is -0.503. The number of amidine groups is 1. The van der Waals surface area contributed by atoms with Gasteiger partial charge in [-0.1, -0.05) is 42.1 Å². The Labute approximate surface area is 115 Å². The number of amides is 2. The van der Waals surface area contributed by atoms with Crippen LogP contribution in [0.15, 0.2) is 35.3 Å². The first-order valence-electron chi connectivity index (χ1n) is 5.95. The van der Waals surface area contributed by atoms with E-state index in [0.717, 1.165) is 17.3 Å². The number of aliphatic imine (C=N–C) groups is 1. The number of thioether (sulfide) groups is 1. The zero-order chi connectivity index (χ0) is 13.8. The lowest BCUT2D eigenvalue weighted by atomic mass is 10.1. The fraction of sp³-hybridized carbons (Fsp3) is 0.308. The summed E-state index contributed by atoms with van der Waals surface area (Å²) in [5.41, 5.74) is 6.47. The number of hydrogen-bond donors (Lipinski definition) is 2. The molecule has 0 aliphatic carbocycles. The maximum Gasteiger partial charge on any atom is 0.262 e. The quantitative estimate of drug-likeness (QED) is 0.866. The van der Waals surface area contributed by atoms with Gasteiger partial charge < -0.3 is 11.1 Å². The average molecular weight is 277 g/mol. The third-order valence-electron chi connectivity index (χ3n) is 2.81. The Hall–Kier alpha value is -1.82. The molecule has 1 aromatic carbocycles. The maximum atomic E-state index is 11.9. The SMILES string of the molecule is C[C@H](NC(=O)C[C@@H]1SC(N)=NC1=O)c1ccccc1. The van der Waals surface area contributed by atoms with Gasteiger partial charge >= 0.3 is 0 Å². The fourth-order valence-corrected chi connectivity index (χ4v) is 2.65. The number of carbonyl (C=O) groups is 2. The molecule has 19 heavy (non-hydrogen) atoms. The monoisotopic (exact) mass is 277 g/mol. The number of nitrogens with two attached hydrogens (primary N) is 1. The van der Waals surface area contributed by atoms with Crippen LogP contribution in [-0.4, -0.2) is 22.2 Å². The molecule has 2 atom stereocenters. The number of nitrogens with one attached hydrogen (secondary N) is 1. The van der Waals surface area contributed by atoms with Gasteiger partial charge in [-0.15, -0.1) is 0 Å². The summed E-state index contributed by atoms with van der Waals surface area (Å²) in [6.45, 7) is 1.90. The summed E-state index contributed by atoms with van der Waals surface area (Å²) in [7, 11) is 0. The molecule has 2 amide bonds. The van der Waals surface area contributed by atoms with Crippen molar-refractivity contribution in [1.82, 2.24) is 5.32 Å². The van der Waals surface area contributed by atoms with Crippen molar-refractivity contribution in [3.63, 3.8) is 0 Å². The summed E-state index contributed by atoms with van der Waals surface area (Å²) in [6, 6.07) is 9.56. The molecular formula is C13H15N3O2S. The molecule has 0 saturated carbocycles. The van der Waals surface area contributed by atoms with Gasteiger partial charge in [0.05, 0.1) is 6.04 Å². The Kier molecular flexibility index (Phi) is 4.21. The molecule has 3 N–H and O–H groups in total. The lowest BCUT2D eigenvalue weighted by Crippen LogP contribution is -2.30. The third kappa shape index (κ3) is 3.57. The third-order valence-corrected chi connectivity index (χ3v) is 3.79. The van der Waals surface area contributed by atoms with Gasteiger partial charge in [-0.3, -0.25) is 9.59 Å². The van der Waals surface area contributed by atoms with Crippen molar-refractivity contribution in [2.75, 3.05) is 0 Å². The lowest BCUT2D eigenvalue weighted by Gasteiger charge is -2.15. The smallest absolute Gasteiger partial charge is 0.262 e. The van der Waals surface area contributed by atoms with E-state index in [1.807, 2.05) is 37.3 Å². The summed E-state index contributed by atoms with van der Waals surface area (Å²) in [4.78, 5) is 26.9. The molecule has 100 valence electrons. The first-order valence-corrected chi connectivity index (χ1v) is 6.83. The second-order valence-electron chi connectivity index (χ2n) is 4.30. The molecule has 0 unspecified atom stereocenters. The van der Waals surface area contributed by atoms with Crippen molar-refractivity contribution >= 4 is 28.7 Å². The molecular weight excluding hydrogens is 262 g/mol. The van der Waals surface area contributed by atoms with E-state index in [4.69, 9.17) is 5.73 Å². The van der Waals surface area contributed by atoms with Crippen LogP contribution in [0, 0.1) is 0 Å². The van der Waals surface area contributed by atoms with Gasteiger partial charge in [0, 0.05) is 6.42 Å². The second-order valence-corrected chi connectivity index (χ2v) is 5.52. The Morgan fingerprint density at radius 2 is 2.16 bits per heavy atom. The minimum Gasteiger partial charge on any atom is -0.378 e. The Morgan fingerprint density at radius 1 is 1.47 bits per heavy atom. The topological polar surface area (TPSA) is 84.6 Å². The summed E-state index contributed by atoms with van der Waals surface area (Å²) in [6.07, 6.45) is 0.102. The van der Waals surface area contributed by atoms with Crippen LogP contribution in [0.4, 0.5) is 0 Å². The summed E-state index contributed by atoms with van der Waals surface area (Å²) < 4.78 is 0. The van der Waals surface area contributed by atoms with E-state index in [-0.39, 0.29) is 29.4 Å². The first kappa shape index (κ1) is 13.6. The highest BCUT2D eigenvalue weighted by Crippen LogP contribution is 2.23. The van der Waals surface area contributed by atoms with E-state index in [0.29, 0.717) is 0 Å². The van der Waals surface area contributed by atoms with E-state index in [9.17, 15) is 9.59 Å². The number of nitrogens with zero attached hydrogens (tertiary/aromatic N) is 1. The predicted octanol–water partition coefficient (Wildman–Crippen LogP) is 1.21. The van der Waals surface area contributed by atoms with Crippen molar-refractivity contribution in [3.8, 4) is 0 Å². The van der Waals surface area contributed by atoms with Gasteiger partial charge in [-0.25, -0.2) is 0 Å². The van der Waals surface area contributed by atoms with Crippen LogP contribution >= 0.6 is 11.8 Å². The van der Waals surface area contributed by atoms with Gasteiger partial charge in [0.2, 0.25) is 5.91 Å². The second kappa shape index (κ2) is 5.88. The standard InChI is InChI=1S/C13H15N3O2S/c1-8(9-5-3-2-4-6-9)15-11(17)7-10-12(18)16-13(14)19-10/h2-6,8,10H,7H2,1H3,(H,15,17)(H2,14,16,18)/t8-,10-/m0/s1. The van der Waals surface area contributed by atoms with Crippen LogP contribution in [0.5, 0.6) is 0 Å². The maximum absolute atomic E-state index is 11.9. The molecule has 0 aromatic heterocycles. The summed E-state index contributed by atoms with van der Waals surface area (Å²) >= 11 is 1.14. The highest BCUT2D eigenvalue weighted by Gasteiger charge is 2.29. The van der Waals surface area contributed by atoms with Crippen molar-refractivity contribution < 1.29 is 9.59 Å². The Bertz CT molecular complexity index is 516. The molecule has 1 aliphatic rings. The lowest BCUT2D eigenvalue weighted by molar-refractivity contribution is -0.124. The molecule has 0 saturated heterocycles. The van der Waals surface area contributed by atoms with Crippen LogP contribution in [0.3, 0.4) is 0 Å². The van der Waals surface area contributed by atoms with E-state index in [2.05, 4.69) is 10.3 Å². The fourth-order valence-electron chi connectivity index (χ4n) is 1.83. The molecule has 0 spiro atoms. The highest BCUT2D eigenvalue weighted by molar-refractivity contribution is 8.15. The van der Waals surface area contributed by atoms with Crippen molar-refractivity contribution in [2.24, 2.45) is 10.7 Å². The molecule has 0 bridgehead atoms. The number of rotatable bonds is 4. The highest BCUT2D eigenvalue weighted by atomic mass is 32.2. The zero-order valence-corrected chi connectivity index (χ0v) is 11.3. The predicted molar refractivity (Wildman–Crippen MR) is 75.6 cm³/mol. The molecule has 1 aromatic rings. The van der Waals surface area contributed by atoms with Gasteiger partial charge in [0.15, 0.2) is 5.17 Å². The molecule has 5 nitrogen and oxygen atoms in total. The van der Waals surface area contributed by atoms with Crippen molar-refractivity contribution in [3.05, 3.63) is 35.9 Å². The first-order chi connectivity index (χ1) is 9.06. The van der Waals surface area contributed by atoms with Gasteiger partial charge in [0.1, 0.15) is 5.25 Å². The zero-order valence-electron chi connectivity index (χ0n) is 10.5. The van der Waals surface area contributed by atoms with Gasteiger partial charge in [-0.2, -0.15) is 4.99 Å². The minimum atomic E-state index is -0.483. The van der Waals surface area contributed by atoms with Crippen LogP contribution < -0.4 is 11.1 Å². The normalized spacial score (nSPS) is 19.9. The number of benzene rings is 1. The van der Waals surface area contributed by atoms with Crippen LogP contribution in [0.25, 0.3) is 0 Å². The van der Waals surface area contributed by atoms with E-state index < -0.39 is 5.25 Å².